The van der Waals surface area contributed by atoms with E-state index in [0.717, 1.165) is 30.8 Å². The number of Topliss-reactive ketones (excluding diaryl/α,β-unsaturated/α-hetero) is 1. The maximum atomic E-state index is 11.3. The van der Waals surface area contributed by atoms with E-state index >= 15 is 0 Å². The van der Waals surface area contributed by atoms with Gasteiger partial charge in [-0.25, -0.2) is 0 Å². The molecule has 0 aromatic rings. The molecule has 0 spiro atoms. The zero-order valence-corrected chi connectivity index (χ0v) is 9.25. The van der Waals surface area contributed by atoms with Gasteiger partial charge in [-0.3, -0.25) is 4.79 Å². The molecule has 2 heteroatoms. The molecule has 2 rings (SSSR count). The van der Waals surface area contributed by atoms with E-state index in [1.165, 1.54) is 5.57 Å². The summed E-state index contributed by atoms with van der Waals surface area (Å²) in [6, 6.07) is 0. The Morgan fingerprint density at radius 2 is 2.27 bits per heavy atom. The molecule has 1 saturated heterocycles. The summed E-state index contributed by atoms with van der Waals surface area (Å²) in [6.07, 6.45) is 7.93. The highest BCUT2D eigenvalue weighted by molar-refractivity contribution is 5.96. The van der Waals surface area contributed by atoms with Gasteiger partial charge in [0.1, 0.15) is 0 Å². The maximum Gasteiger partial charge on any atom is 0.159 e. The van der Waals surface area contributed by atoms with Crippen molar-refractivity contribution in [1.29, 1.82) is 0 Å². The van der Waals surface area contributed by atoms with Gasteiger partial charge >= 0.3 is 0 Å². The molecule has 1 fully saturated rings. The van der Waals surface area contributed by atoms with Gasteiger partial charge in [0.25, 0.3) is 0 Å². The fourth-order valence-corrected chi connectivity index (χ4v) is 2.12. The molecule has 0 radical (unpaired) electrons. The van der Waals surface area contributed by atoms with Crippen LogP contribution in [0, 0.1) is 5.92 Å². The first-order valence-corrected chi connectivity index (χ1v) is 5.39. The van der Waals surface area contributed by atoms with Crippen LogP contribution in [0.5, 0.6) is 0 Å². The summed E-state index contributed by atoms with van der Waals surface area (Å²) in [4.78, 5) is 11.3. The maximum absolute atomic E-state index is 11.3. The Hall–Kier alpha value is -1.31. The van der Waals surface area contributed by atoms with Crippen LogP contribution in [-0.2, 0) is 9.53 Å². The van der Waals surface area contributed by atoms with Crippen LogP contribution in [0.15, 0.2) is 35.1 Å². The number of allylic oxidation sites excluding steroid dienone is 6. The Bertz CT molecular complexity index is 372. The largest absolute Gasteiger partial charge is 0.498 e. The van der Waals surface area contributed by atoms with Crippen molar-refractivity contribution in [3.8, 4) is 0 Å². The number of fused-ring (bicyclic) bond motifs is 1. The Morgan fingerprint density at radius 1 is 1.47 bits per heavy atom. The van der Waals surface area contributed by atoms with Gasteiger partial charge in [-0.1, -0.05) is 11.6 Å². The average Bonchev–Trinajstić information content (AvgIpc) is 2.55. The molecule has 0 aromatic carbocycles. The average molecular weight is 204 g/mol. The SMILES string of the molecule is CC(=O)C1=C/C=C2/OCCC2C/C(C)=C\1. The van der Waals surface area contributed by atoms with E-state index in [1.807, 2.05) is 18.2 Å². The predicted molar refractivity (Wildman–Crippen MR) is 59.3 cm³/mol. The molecule has 0 aromatic heterocycles. The van der Waals surface area contributed by atoms with E-state index in [4.69, 9.17) is 4.74 Å². The Kier molecular flexibility index (Phi) is 2.76. The zero-order valence-electron chi connectivity index (χ0n) is 9.25. The quantitative estimate of drug-likeness (QED) is 0.656. The fraction of sp³-hybridized carbons (Fsp3) is 0.462. The third-order valence-electron chi connectivity index (χ3n) is 2.94. The monoisotopic (exact) mass is 204 g/mol. The summed E-state index contributed by atoms with van der Waals surface area (Å²) in [6.45, 7) is 4.49. The smallest absolute Gasteiger partial charge is 0.159 e. The van der Waals surface area contributed by atoms with Gasteiger partial charge in [-0.15, -0.1) is 0 Å². The normalized spacial score (nSPS) is 35.6. The number of rotatable bonds is 1. The molecule has 1 unspecified atom stereocenters. The van der Waals surface area contributed by atoms with E-state index in [0.29, 0.717) is 5.92 Å². The highest BCUT2D eigenvalue weighted by Gasteiger charge is 2.23. The number of ketones is 1. The second kappa shape index (κ2) is 4.05. The first-order valence-electron chi connectivity index (χ1n) is 5.39. The minimum absolute atomic E-state index is 0.114. The number of carbonyl (C=O) groups excluding carboxylic acids is 1. The van der Waals surface area contributed by atoms with Crippen molar-refractivity contribution in [2.45, 2.75) is 26.7 Å². The molecule has 1 aliphatic heterocycles. The van der Waals surface area contributed by atoms with Crippen molar-refractivity contribution in [3.63, 3.8) is 0 Å². The predicted octanol–water partition coefficient (Wildman–Crippen LogP) is 2.77. The van der Waals surface area contributed by atoms with Gasteiger partial charge < -0.3 is 4.74 Å². The third-order valence-corrected chi connectivity index (χ3v) is 2.94. The summed E-state index contributed by atoms with van der Waals surface area (Å²) in [5, 5.41) is 0. The summed E-state index contributed by atoms with van der Waals surface area (Å²) in [7, 11) is 0. The van der Waals surface area contributed by atoms with E-state index in [2.05, 4.69) is 6.92 Å². The van der Waals surface area contributed by atoms with Gasteiger partial charge in [-0.2, -0.15) is 0 Å². The lowest BCUT2D eigenvalue weighted by molar-refractivity contribution is -0.113. The molecule has 2 aliphatic rings. The minimum atomic E-state index is 0.114. The highest BCUT2D eigenvalue weighted by Crippen LogP contribution is 2.32. The second-order valence-corrected chi connectivity index (χ2v) is 4.28. The van der Waals surface area contributed by atoms with Gasteiger partial charge in [-0.05, 0) is 38.8 Å². The molecule has 0 N–H and O–H groups in total. The lowest BCUT2D eigenvalue weighted by Crippen LogP contribution is -2.03. The van der Waals surface area contributed by atoms with Gasteiger partial charge in [0, 0.05) is 11.5 Å². The second-order valence-electron chi connectivity index (χ2n) is 4.28. The third kappa shape index (κ3) is 2.20. The standard InChI is InChI=1S/C13H16O2/c1-9-7-11(10(2)14)3-4-13-12(8-9)5-6-15-13/h3-4,7,12H,5-6,8H2,1-2H3/b9-7-,11-3+,13-4+. The summed E-state index contributed by atoms with van der Waals surface area (Å²) in [5.74, 6) is 1.68. The van der Waals surface area contributed by atoms with Crippen LogP contribution in [0.4, 0.5) is 0 Å². The molecule has 1 atom stereocenters. The molecule has 1 aliphatic carbocycles. The summed E-state index contributed by atoms with van der Waals surface area (Å²) in [5.41, 5.74) is 2.03. The number of carbonyl (C=O) groups is 1. The Morgan fingerprint density at radius 3 is 3.00 bits per heavy atom. The fourth-order valence-electron chi connectivity index (χ4n) is 2.12. The van der Waals surface area contributed by atoms with Gasteiger partial charge in [0.05, 0.1) is 12.4 Å². The number of hydrogen-bond donors (Lipinski definition) is 0. The molecule has 1 heterocycles. The molecular formula is C13H16O2. The van der Waals surface area contributed by atoms with Gasteiger partial charge in [0.2, 0.25) is 0 Å². The molecule has 2 nitrogen and oxygen atoms in total. The first-order chi connectivity index (χ1) is 7.16. The van der Waals surface area contributed by atoms with Crippen molar-refractivity contribution in [2.75, 3.05) is 6.61 Å². The topological polar surface area (TPSA) is 26.3 Å². The van der Waals surface area contributed by atoms with Crippen molar-refractivity contribution in [1.82, 2.24) is 0 Å². The minimum Gasteiger partial charge on any atom is -0.498 e. The van der Waals surface area contributed by atoms with Crippen LogP contribution in [0.25, 0.3) is 0 Å². The number of ether oxygens (including phenoxy) is 1. The molecular weight excluding hydrogens is 188 g/mol. The lowest BCUT2D eigenvalue weighted by atomic mass is 9.93. The van der Waals surface area contributed by atoms with E-state index in [9.17, 15) is 4.79 Å². The Labute approximate surface area is 90.3 Å². The van der Waals surface area contributed by atoms with E-state index < -0.39 is 0 Å². The lowest BCUT2D eigenvalue weighted by Gasteiger charge is -2.12. The van der Waals surface area contributed by atoms with E-state index in [1.54, 1.807) is 6.92 Å². The molecule has 80 valence electrons. The zero-order chi connectivity index (χ0) is 10.8. The van der Waals surface area contributed by atoms with Crippen LogP contribution in [0.2, 0.25) is 0 Å². The van der Waals surface area contributed by atoms with Crippen LogP contribution in [-0.4, -0.2) is 12.4 Å². The van der Waals surface area contributed by atoms with Crippen molar-refractivity contribution in [2.24, 2.45) is 5.92 Å². The van der Waals surface area contributed by atoms with Crippen molar-refractivity contribution in [3.05, 3.63) is 35.1 Å². The molecule has 0 amide bonds. The van der Waals surface area contributed by atoms with Gasteiger partial charge in [0.15, 0.2) is 5.78 Å². The Balaban J connectivity index is 2.34. The number of hydrogen-bond acceptors (Lipinski definition) is 2. The molecule has 0 saturated carbocycles. The molecule has 15 heavy (non-hydrogen) atoms. The first kappa shape index (κ1) is 10.2. The van der Waals surface area contributed by atoms with Crippen LogP contribution in [0.1, 0.15) is 26.7 Å². The molecule has 0 bridgehead atoms. The summed E-state index contributed by atoms with van der Waals surface area (Å²) >= 11 is 0. The summed E-state index contributed by atoms with van der Waals surface area (Å²) < 4.78 is 5.55. The van der Waals surface area contributed by atoms with Crippen molar-refractivity contribution >= 4 is 5.78 Å². The highest BCUT2D eigenvalue weighted by atomic mass is 16.5. The van der Waals surface area contributed by atoms with E-state index in [-0.39, 0.29) is 5.78 Å². The van der Waals surface area contributed by atoms with Crippen molar-refractivity contribution < 1.29 is 9.53 Å². The van der Waals surface area contributed by atoms with Crippen LogP contribution < -0.4 is 0 Å². The van der Waals surface area contributed by atoms with Crippen LogP contribution >= 0.6 is 0 Å². The van der Waals surface area contributed by atoms with Crippen LogP contribution in [0.3, 0.4) is 0 Å².